The smallest absolute Gasteiger partial charge is 0.193 e. The molecule has 21 heavy (non-hydrogen) atoms. The monoisotopic (exact) mass is 302 g/mol. The Bertz CT molecular complexity index is 801. The lowest BCUT2D eigenvalue weighted by molar-refractivity contribution is 0.103. The second-order valence-corrected chi connectivity index (χ2v) is 7.39. The van der Waals surface area contributed by atoms with Crippen LogP contribution < -0.4 is 0 Å². The fraction of sp³-hybridized carbons (Fsp3) is 0.235. The number of ketones is 1. The minimum Gasteiger partial charge on any atom is -0.289 e. The van der Waals surface area contributed by atoms with Gasteiger partial charge in [0.2, 0.25) is 0 Å². The van der Waals surface area contributed by atoms with E-state index in [1.54, 1.807) is 12.1 Å². The minimum absolute atomic E-state index is 0.0874. The lowest BCUT2D eigenvalue weighted by atomic mass is 9.95. The molecule has 0 atom stereocenters. The Labute approximate surface area is 125 Å². The number of rotatable bonds is 3. The topological polar surface area (TPSA) is 51.2 Å². The highest BCUT2D eigenvalue weighted by Gasteiger charge is 2.14. The number of hydrogen-bond acceptors (Lipinski definition) is 3. The largest absolute Gasteiger partial charge is 0.289 e. The third-order valence-electron chi connectivity index (χ3n) is 3.63. The molecule has 0 amide bonds. The lowest BCUT2D eigenvalue weighted by Crippen LogP contribution is -2.06. The van der Waals surface area contributed by atoms with Crippen molar-refractivity contribution in [2.75, 3.05) is 6.26 Å². The van der Waals surface area contributed by atoms with Gasteiger partial charge < -0.3 is 0 Å². The fourth-order valence-electron chi connectivity index (χ4n) is 2.21. The van der Waals surface area contributed by atoms with Gasteiger partial charge in [-0.15, -0.1) is 0 Å². The molecule has 0 aliphatic carbocycles. The molecule has 2 aromatic carbocycles. The Morgan fingerprint density at radius 1 is 0.857 bits per heavy atom. The first-order valence-electron chi connectivity index (χ1n) is 6.63. The molecule has 0 saturated carbocycles. The van der Waals surface area contributed by atoms with Gasteiger partial charge in [0.1, 0.15) is 0 Å². The maximum Gasteiger partial charge on any atom is 0.193 e. The number of carbonyl (C=O) groups is 1. The van der Waals surface area contributed by atoms with Gasteiger partial charge in [-0.2, -0.15) is 0 Å². The molecule has 0 aliphatic heterocycles. The number of hydrogen-bond donors (Lipinski definition) is 0. The van der Waals surface area contributed by atoms with Crippen molar-refractivity contribution in [1.82, 2.24) is 0 Å². The van der Waals surface area contributed by atoms with Gasteiger partial charge in [0, 0.05) is 17.4 Å². The molecule has 3 nitrogen and oxygen atoms in total. The molecule has 4 heteroatoms. The van der Waals surface area contributed by atoms with E-state index < -0.39 is 9.84 Å². The maximum absolute atomic E-state index is 12.5. The average Bonchev–Trinajstić information content (AvgIpc) is 2.41. The highest BCUT2D eigenvalue weighted by Crippen LogP contribution is 2.20. The molecule has 0 radical (unpaired) electrons. The fourth-order valence-corrected chi connectivity index (χ4v) is 2.84. The third kappa shape index (κ3) is 3.22. The van der Waals surface area contributed by atoms with E-state index in [0.717, 1.165) is 22.9 Å². The quantitative estimate of drug-likeness (QED) is 0.818. The first kappa shape index (κ1) is 15.4. The summed E-state index contributed by atoms with van der Waals surface area (Å²) in [6.45, 7) is 5.89. The van der Waals surface area contributed by atoms with Crippen molar-refractivity contribution in [3.05, 3.63) is 64.2 Å². The van der Waals surface area contributed by atoms with E-state index in [1.807, 2.05) is 32.9 Å². The van der Waals surface area contributed by atoms with Crippen LogP contribution in [0.4, 0.5) is 0 Å². The summed E-state index contributed by atoms with van der Waals surface area (Å²) < 4.78 is 22.9. The zero-order chi connectivity index (χ0) is 15.8. The molecule has 0 saturated heterocycles. The summed E-state index contributed by atoms with van der Waals surface area (Å²) in [6, 6.07) is 9.95. The molecule has 0 spiro atoms. The van der Waals surface area contributed by atoms with Gasteiger partial charge in [0.25, 0.3) is 0 Å². The minimum atomic E-state index is -3.24. The van der Waals surface area contributed by atoms with Crippen LogP contribution in [0.15, 0.2) is 41.3 Å². The molecule has 110 valence electrons. The van der Waals surface area contributed by atoms with Crippen molar-refractivity contribution in [2.45, 2.75) is 25.7 Å². The van der Waals surface area contributed by atoms with E-state index in [1.165, 1.54) is 12.1 Å². The van der Waals surface area contributed by atoms with Crippen molar-refractivity contribution in [1.29, 1.82) is 0 Å². The van der Waals surface area contributed by atoms with E-state index in [-0.39, 0.29) is 10.7 Å². The van der Waals surface area contributed by atoms with Crippen molar-refractivity contribution in [3.8, 4) is 0 Å². The average molecular weight is 302 g/mol. The molecule has 2 aromatic rings. The Kier molecular flexibility index (Phi) is 4.01. The SMILES string of the molecule is Cc1cc(C)c(C(=O)c2ccc(S(C)(=O)=O)cc2)cc1C. The van der Waals surface area contributed by atoms with Crippen LogP contribution in [0.2, 0.25) is 0 Å². The Balaban J connectivity index is 2.44. The normalized spacial score (nSPS) is 11.4. The van der Waals surface area contributed by atoms with E-state index in [2.05, 4.69) is 0 Å². The van der Waals surface area contributed by atoms with Crippen LogP contribution in [0, 0.1) is 20.8 Å². The highest BCUT2D eigenvalue weighted by molar-refractivity contribution is 7.90. The summed E-state index contributed by atoms with van der Waals surface area (Å²) in [7, 11) is -3.24. The van der Waals surface area contributed by atoms with Crippen LogP contribution >= 0.6 is 0 Å². The van der Waals surface area contributed by atoms with Crippen LogP contribution in [0.3, 0.4) is 0 Å². The second-order valence-electron chi connectivity index (χ2n) is 5.38. The van der Waals surface area contributed by atoms with Crippen molar-refractivity contribution in [3.63, 3.8) is 0 Å². The zero-order valence-corrected chi connectivity index (χ0v) is 13.4. The van der Waals surface area contributed by atoms with Gasteiger partial charge in [-0.25, -0.2) is 8.42 Å². The van der Waals surface area contributed by atoms with Gasteiger partial charge in [-0.1, -0.05) is 6.07 Å². The highest BCUT2D eigenvalue weighted by atomic mass is 32.2. The van der Waals surface area contributed by atoms with Gasteiger partial charge in [0.15, 0.2) is 15.6 Å². The summed E-state index contributed by atoms with van der Waals surface area (Å²) in [5.74, 6) is -0.0874. The van der Waals surface area contributed by atoms with Gasteiger partial charge in [0.05, 0.1) is 4.90 Å². The summed E-state index contributed by atoms with van der Waals surface area (Å²) in [5, 5.41) is 0. The van der Waals surface area contributed by atoms with Crippen LogP contribution in [-0.4, -0.2) is 20.5 Å². The predicted molar refractivity (Wildman–Crippen MR) is 83.6 cm³/mol. The van der Waals surface area contributed by atoms with Crippen LogP contribution in [0.5, 0.6) is 0 Å². The number of sulfone groups is 1. The first-order valence-corrected chi connectivity index (χ1v) is 8.52. The van der Waals surface area contributed by atoms with E-state index >= 15 is 0 Å². The number of benzene rings is 2. The van der Waals surface area contributed by atoms with Crippen molar-refractivity contribution >= 4 is 15.6 Å². The maximum atomic E-state index is 12.5. The lowest BCUT2D eigenvalue weighted by Gasteiger charge is -2.09. The summed E-state index contributed by atoms with van der Waals surface area (Å²) in [6.07, 6.45) is 1.15. The third-order valence-corrected chi connectivity index (χ3v) is 4.76. The van der Waals surface area contributed by atoms with Crippen LogP contribution in [0.1, 0.15) is 32.6 Å². The Morgan fingerprint density at radius 3 is 1.90 bits per heavy atom. The Hall–Kier alpha value is -1.94. The van der Waals surface area contributed by atoms with Gasteiger partial charge in [-0.05, 0) is 67.8 Å². The molecule has 0 fully saturated rings. The molecule has 0 unspecified atom stereocenters. The summed E-state index contributed by atoms with van der Waals surface area (Å²) in [4.78, 5) is 12.8. The van der Waals surface area contributed by atoms with Crippen molar-refractivity contribution < 1.29 is 13.2 Å². The molecule has 0 N–H and O–H groups in total. The van der Waals surface area contributed by atoms with Gasteiger partial charge in [-0.3, -0.25) is 4.79 Å². The molecule has 0 heterocycles. The van der Waals surface area contributed by atoms with Crippen molar-refractivity contribution in [2.24, 2.45) is 0 Å². The molecule has 0 bridgehead atoms. The van der Waals surface area contributed by atoms with Gasteiger partial charge >= 0.3 is 0 Å². The number of aryl methyl sites for hydroxylation is 3. The van der Waals surface area contributed by atoms with E-state index in [0.29, 0.717) is 11.1 Å². The standard InChI is InChI=1S/C17H18O3S/c1-11-9-13(3)16(10-12(11)2)17(18)14-5-7-15(8-6-14)21(4,19)20/h5-10H,1-4H3. The summed E-state index contributed by atoms with van der Waals surface area (Å²) in [5.41, 5.74) is 4.29. The second kappa shape index (κ2) is 5.45. The molecule has 2 rings (SSSR count). The van der Waals surface area contributed by atoms with E-state index in [4.69, 9.17) is 0 Å². The predicted octanol–water partition coefficient (Wildman–Crippen LogP) is 3.25. The molecular weight excluding hydrogens is 284 g/mol. The van der Waals surface area contributed by atoms with E-state index in [9.17, 15) is 13.2 Å². The molecular formula is C17H18O3S. The molecule has 0 aliphatic rings. The van der Waals surface area contributed by atoms with Crippen LogP contribution in [-0.2, 0) is 9.84 Å². The first-order chi connectivity index (χ1) is 9.70. The number of carbonyl (C=O) groups excluding carboxylic acids is 1. The summed E-state index contributed by atoms with van der Waals surface area (Å²) >= 11 is 0. The molecule has 0 aromatic heterocycles. The Morgan fingerprint density at radius 2 is 1.38 bits per heavy atom. The van der Waals surface area contributed by atoms with Crippen LogP contribution in [0.25, 0.3) is 0 Å². The zero-order valence-electron chi connectivity index (χ0n) is 12.6.